The van der Waals surface area contributed by atoms with E-state index >= 15 is 0 Å². The molecular weight excluding hydrogens is 302 g/mol. The van der Waals surface area contributed by atoms with Gasteiger partial charge in [0.2, 0.25) is 5.91 Å². The van der Waals surface area contributed by atoms with Gasteiger partial charge in [-0.3, -0.25) is 4.79 Å². The number of hydrogen-bond acceptors (Lipinski definition) is 5. The highest BCUT2D eigenvalue weighted by molar-refractivity contribution is 8.01. The zero-order valence-corrected chi connectivity index (χ0v) is 12.9. The summed E-state index contributed by atoms with van der Waals surface area (Å²) >= 11 is 1.66. The van der Waals surface area contributed by atoms with Gasteiger partial charge in [-0.1, -0.05) is 18.2 Å². The number of rotatable bonds is 1. The molecule has 22 heavy (non-hydrogen) atoms. The number of piperidine rings is 1. The van der Waals surface area contributed by atoms with Crippen molar-refractivity contribution in [3.63, 3.8) is 0 Å². The first-order valence-electron chi connectivity index (χ1n) is 7.54. The molecule has 0 N–H and O–H groups in total. The summed E-state index contributed by atoms with van der Waals surface area (Å²) in [6.45, 7) is 1.57. The topological polar surface area (TPSA) is 55.8 Å². The Kier molecular flexibility index (Phi) is 3.29. The number of hydrogen-bond donors (Lipinski definition) is 0. The Morgan fingerprint density at radius 3 is 2.73 bits per heavy atom. The van der Waals surface area contributed by atoms with Crippen molar-refractivity contribution in [3.8, 4) is 0 Å². The van der Waals surface area contributed by atoms with E-state index in [4.69, 9.17) is 9.47 Å². The molecule has 1 atom stereocenters. The van der Waals surface area contributed by atoms with E-state index in [1.807, 2.05) is 17.0 Å². The third-order valence-corrected chi connectivity index (χ3v) is 5.97. The van der Waals surface area contributed by atoms with Crippen molar-refractivity contribution in [1.82, 2.24) is 4.90 Å². The molecule has 0 saturated carbocycles. The number of benzene rings is 1. The Hall–Kier alpha value is -1.69. The van der Waals surface area contributed by atoms with Crippen LogP contribution < -0.4 is 0 Å². The van der Waals surface area contributed by atoms with Gasteiger partial charge < -0.3 is 14.4 Å². The summed E-state index contributed by atoms with van der Waals surface area (Å²) in [7, 11) is 0. The molecule has 0 radical (unpaired) electrons. The molecule has 0 unspecified atom stereocenters. The van der Waals surface area contributed by atoms with Crippen molar-refractivity contribution in [2.75, 3.05) is 19.7 Å². The summed E-state index contributed by atoms with van der Waals surface area (Å²) in [6, 6.07) is 8.20. The quantitative estimate of drug-likeness (QED) is 0.743. The van der Waals surface area contributed by atoms with Crippen molar-refractivity contribution >= 4 is 23.8 Å². The van der Waals surface area contributed by atoms with E-state index in [1.165, 1.54) is 10.5 Å². The van der Waals surface area contributed by atoms with Crippen molar-refractivity contribution < 1.29 is 19.1 Å². The maximum absolute atomic E-state index is 12.7. The summed E-state index contributed by atoms with van der Waals surface area (Å²) in [5, 5.41) is -0.0196. The van der Waals surface area contributed by atoms with Crippen LogP contribution in [0.2, 0.25) is 0 Å². The zero-order valence-electron chi connectivity index (χ0n) is 12.1. The summed E-state index contributed by atoms with van der Waals surface area (Å²) < 4.78 is 10.2. The molecule has 1 spiro atoms. The van der Waals surface area contributed by atoms with Gasteiger partial charge in [0, 0.05) is 30.8 Å². The van der Waals surface area contributed by atoms with Gasteiger partial charge in [0.25, 0.3) is 0 Å². The van der Waals surface area contributed by atoms with E-state index in [9.17, 15) is 9.59 Å². The van der Waals surface area contributed by atoms with Gasteiger partial charge in [0.15, 0.2) is 5.60 Å². The van der Waals surface area contributed by atoms with E-state index in [1.54, 1.807) is 11.8 Å². The minimum Gasteiger partial charge on any atom is -0.430 e. The van der Waals surface area contributed by atoms with Crippen LogP contribution in [-0.2, 0) is 20.7 Å². The molecule has 2 fully saturated rings. The van der Waals surface area contributed by atoms with Crippen molar-refractivity contribution in [2.24, 2.45) is 0 Å². The lowest BCUT2D eigenvalue weighted by atomic mass is 9.92. The third kappa shape index (κ3) is 2.35. The lowest BCUT2D eigenvalue weighted by molar-refractivity contribution is -0.134. The molecule has 3 heterocycles. The molecule has 3 aliphatic rings. The lowest BCUT2D eigenvalue weighted by Crippen LogP contribution is -2.50. The number of likely N-dealkylation sites (tertiary alicyclic amines) is 1. The highest BCUT2D eigenvalue weighted by Gasteiger charge is 2.46. The Labute approximate surface area is 132 Å². The van der Waals surface area contributed by atoms with Crippen LogP contribution in [0.25, 0.3) is 0 Å². The van der Waals surface area contributed by atoms with Crippen LogP contribution >= 0.6 is 11.8 Å². The maximum Gasteiger partial charge on any atom is 0.509 e. The summed E-state index contributed by atoms with van der Waals surface area (Å²) in [4.78, 5) is 27.0. The predicted octanol–water partition coefficient (Wildman–Crippen LogP) is 2.23. The van der Waals surface area contributed by atoms with Crippen molar-refractivity contribution in [2.45, 2.75) is 35.0 Å². The number of carbonyl (C=O) groups excluding carboxylic acids is 2. The van der Waals surface area contributed by atoms with Gasteiger partial charge in [-0.25, -0.2) is 4.79 Å². The minimum absolute atomic E-state index is 0.0196. The number of ether oxygens (including phenoxy) is 2. The number of carbonyl (C=O) groups is 2. The molecule has 0 bridgehead atoms. The standard InChI is InChI=1S/C16H17NO4S/c18-14(13-9-11-3-1-2-4-12(11)22-13)17-7-5-16(6-8-17)10-20-15(19)21-16/h1-4,13H,5-10H2/t13-/m0/s1. The smallest absolute Gasteiger partial charge is 0.430 e. The second kappa shape index (κ2) is 5.19. The van der Waals surface area contributed by atoms with E-state index < -0.39 is 11.8 Å². The van der Waals surface area contributed by atoms with Crippen LogP contribution in [0.15, 0.2) is 29.2 Å². The average Bonchev–Trinajstić information content (AvgIpc) is 3.11. The largest absolute Gasteiger partial charge is 0.509 e. The Balaban J connectivity index is 1.38. The van der Waals surface area contributed by atoms with Crippen LogP contribution in [0.1, 0.15) is 18.4 Å². The molecule has 0 aliphatic carbocycles. The van der Waals surface area contributed by atoms with Gasteiger partial charge in [0.1, 0.15) is 6.61 Å². The van der Waals surface area contributed by atoms with E-state index in [0.29, 0.717) is 32.5 Å². The Morgan fingerprint density at radius 1 is 1.27 bits per heavy atom. The Bertz CT molecular complexity index is 599. The molecule has 4 rings (SSSR count). The summed E-state index contributed by atoms with van der Waals surface area (Å²) in [6.07, 6.45) is 1.55. The zero-order chi connectivity index (χ0) is 15.2. The summed E-state index contributed by atoms with van der Waals surface area (Å²) in [5.41, 5.74) is 0.761. The molecule has 5 nitrogen and oxygen atoms in total. The molecule has 1 aromatic rings. The van der Waals surface area contributed by atoms with Gasteiger partial charge in [-0.15, -0.1) is 11.8 Å². The fraction of sp³-hybridized carbons (Fsp3) is 0.500. The first kappa shape index (κ1) is 13.9. The van der Waals surface area contributed by atoms with Gasteiger partial charge in [-0.2, -0.15) is 0 Å². The molecular formula is C16H17NO4S. The van der Waals surface area contributed by atoms with E-state index in [0.717, 1.165) is 6.42 Å². The first-order chi connectivity index (χ1) is 10.7. The first-order valence-corrected chi connectivity index (χ1v) is 8.42. The number of amides is 1. The van der Waals surface area contributed by atoms with Crippen LogP contribution in [0.4, 0.5) is 4.79 Å². The fourth-order valence-corrected chi connectivity index (χ4v) is 4.61. The lowest BCUT2D eigenvalue weighted by Gasteiger charge is -2.37. The molecule has 6 heteroatoms. The fourth-order valence-electron chi connectivity index (χ4n) is 3.33. The predicted molar refractivity (Wildman–Crippen MR) is 80.8 cm³/mol. The van der Waals surface area contributed by atoms with Crippen molar-refractivity contribution in [1.29, 1.82) is 0 Å². The van der Waals surface area contributed by atoms with E-state index in [2.05, 4.69) is 12.1 Å². The maximum atomic E-state index is 12.7. The molecule has 116 valence electrons. The van der Waals surface area contributed by atoms with Crippen LogP contribution in [-0.4, -0.2) is 47.5 Å². The van der Waals surface area contributed by atoms with E-state index in [-0.39, 0.29) is 11.2 Å². The van der Waals surface area contributed by atoms with Crippen LogP contribution in [0.3, 0.4) is 0 Å². The summed E-state index contributed by atoms with van der Waals surface area (Å²) in [5.74, 6) is 0.196. The SMILES string of the molecule is O=C1OCC2(CCN(C(=O)[C@@H]3Cc4ccccc4S3)CC2)O1. The molecule has 2 saturated heterocycles. The number of thioether (sulfide) groups is 1. The monoisotopic (exact) mass is 319 g/mol. The van der Waals surface area contributed by atoms with Gasteiger partial charge >= 0.3 is 6.16 Å². The number of cyclic esters (lactones) is 1. The van der Waals surface area contributed by atoms with Gasteiger partial charge in [0.05, 0.1) is 5.25 Å². The molecule has 1 amide bonds. The highest BCUT2D eigenvalue weighted by Crippen LogP contribution is 2.39. The second-order valence-corrected chi connectivity index (χ2v) is 7.31. The second-order valence-electron chi connectivity index (χ2n) is 6.07. The van der Waals surface area contributed by atoms with Crippen LogP contribution in [0.5, 0.6) is 0 Å². The number of nitrogens with zero attached hydrogens (tertiary/aromatic N) is 1. The highest BCUT2D eigenvalue weighted by atomic mass is 32.2. The minimum atomic E-state index is -0.582. The van der Waals surface area contributed by atoms with Crippen molar-refractivity contribution in [3.05, 3.63) is 29.8 Å². The average molecular weight is 319 g/mol. The molecule has 3 aliphatic heterocycles. The number of fused-ring (bicyclic) bond motifs is 1. The normalized spacial score (nSPS) is 25.7. The van der Waals surface area contributed by atoms with Gasteiger partial charge in [-0.05, 0) is 18.1 Å². The molecule has 1 aromatic carbocycles. The Morgan fingerprint density at radius 2 is 2.05 bits per heavy atom. The molecule has 0 aromatic heterocycles. The van der Waals surface area contributed by atoms with Crippen LogP contribution in [0, 0.1) is 0 Å². The third-order valence-electron chi connectivity index (χ3n) is 4.66.